The molecule has 0 nitrogen and oxygen atoms in total. The molecule has 4 aromatic rings. The number of hydrogen-bond acceptors (Lipinski definition) is 1. The molecule has 0 fully saturated rings. The summed E-state index contributed by atoms with van der Waals surface area (Å²) in [4.78, 5) is 0. The predicted octanol–water partition coefficient (Wildman–Crippen LogP) is 8.37. The average molecular weight is 447 g/mol. The molecule has 2 atom stereocenters. The van der Waals surface area contributed by atoms with Crippen molar-refractivity contribution in [1.82, 2.24) is 0 Å². The Morgan fingerprint density at radius 3 is 1.09 bits per heavy atom. The van der Waals surface area contributed by atoms with Crippen molar-refractivity contribution >= 4 is 11.8 Å². The third-order valence-corrected chi connectivity index (χ3v) is 7.99. The van der Waals surface area contributed by atoms with Gasteiger partial charge in [-0.15, -0.1) is 24.9 Å². The Balaban J connectivity index is 1.86. The summed E-state index contributed by atoms with van der Waals surface area (Å²) in [6.45, 7) is 8.74. The lowest BCUT2D eigenvalue weighted by atomic mass is 9.90. The van der Waals surface area contributed by atoms with Gasteiger partial charge in [-0.05, 0) is 35.1 Å². The van der Waals surface area contributed by atoms with Crippen LogP contribution in [0, 0.1) is 0 Å². The summed E-state index contributed by atoms with van der Waals surface area (Å²) in [6.07, 6.45) is 5.96. The van der Waals surface area contributed by atoms with E-state index in [0.29, 0.717) is 0 Å². The maximum Gasteiger partial charge on any atom is 0.0637 e. The number of rotatable bonds is 10. The van der Waals surface area contributed by atoms with Gasteiger partial charge in [0.1, 0.15) is 0 Å². The van der Waals surface area contributed by atoms with Crippen LogP contribution in [0.5, 0.6) is 0 Å². The molecule has 0 amide bonds. The van der Waals surface area contributed by atoms with E-state index in [4.69, 9.17) is 0 Å². The lowest BCUT2D eigenvalue weighted by Crippen LogP contribution is -2.33. The Bertz CT molecular complexity index is 1060. The fraction of sp³-hybridized carbons (Fsp3) is 0.125. The Morgan fingerprint density at radius 2 is 0.788 bits per heavy atom. The Labute approximate surface area is 202 Å². The molecule has 33 heavy (non-hydrogen) atoms. The number of thioether (sulfide) groups is 1. The summed E-state index contributed by atoms with van der Waals surface area (Å²) in [5, 5.41) is 0. The largest absolute Gasteiger partial charge is 0.130 e. The molecule has 2 unspecified atom stereocenters. The van der Waals surface area contributed by atoms with Gasteiger partial charge in [0.05, 0.1) is 9.49 Å². The third-order valence-electron chi connectivity index (χ3n) is 6.17. The van der Waals surface area contributed by atoms with Crippen molar-refractivity contribution < 1.29 is 0 Å². The fourth-order valence-electron chi connectivity index (χ4n) is 4.42. The summed E-state index contributed by atoms with van der Waals surface area (Å²) in [5.74, 6) is 0. The van der Waals surface area contributed by atoms with E-state index in [1.165, 1.54) is 22.3 Å². The maximum absolute atomic E-state index is 4.37. The zero-order valence-corrected chi connectivity index (χ0v) is 19.8. The van der Waals surface area contributed by atoms with E-state index < -0.39 is 0 Å². The highest BCUT2D eigenvalue weighted by Crippen LogP contribution is 2.53. The van der Waals surface area contributed by atoms with E-state index in [9.17, 15) is 0 Å². The minimum atomic E-state index is -0.332. The highest BCUT2D eigenvalue weighted by molar-refractivity contribution is 8.01. The molecule has 0 aliphatic heterocycles. The van der Waals surface area contributed by atoms with E-state index in [1.54, 1.807) is 0 Å². The summed E-state index contributed by atoms with van der Waals surface area (Å²) in [7, 11) is 0. The van der Waals surface area contributed by atoms with Crippen molar-refractivity contribution in [2.75, 3.05) is 0 Å². The first-order chi connectivity index (χ1) is 16.2. The number of hydrogen-bond donors (Lipinski definition) is 0. The first kappa shape index (κ1) is 22.9. The molecule has 0 bridgehead atoms. The van der Waals surface area contributed by atoms with Gasteiger partial charge in [-0.25, -0.2) is 0 Å². The van der Waals surface area contributed by atoms with Crippen LogP contribution in [0.25, 0.3) is 0 Å². The topological polar surface area (TPSA) is 0 Å². The molecule has 0 saturated carbocycles. The van der Waals surface area contributed by atoms with E-state index in [2.05, 4.69) is 147 Å². The van der Waals surface area contributed by atoms with Gasteiger partial charge in [-0.1, -0.05) is 133 Å². The fourth-order valence-corrected chi connectivity index (χ4v) is 6.22. The van der Waals surface area contributed by atoms with Crippen molar-refractivity contribution in [1.29, 1.82) is 0 Å². The third kappa shape index (κ3) is 5.21. The summed E-state index contributed by atoms with van der Waals surface area (Å²) >= 11 is 1.94. The zero-order valence-electron chi connectivity index (χ0n) is 18.9. The first-order valence-electron chi connectivity index (χ1n) is 11.4. The molecule has 0 heterocycles. The second kappa shape index (κ2) is 10.6. The van der Waals surface area contributed by atoms with Gasteiger partial charge < -0.3 is 0 Å². The minimum Gasteiger partial charge on any atom is -0.130 e. The van der Waals surface area contributed by atoms with Gasteiger partial charge in [0.25, 0.3) is 0 Å². The SMILES string of the molecule is C=CC(Cc1ccccc1)(SC(C=C)(Cc1ccccc1)c1ccccc1)c1ccccc1. The normalized spacial score (nSPS) is 14.5. The maximum atomic E-state index is 4.37. The van der Waals surface area contributed by atoms with Gasteiger partial charge in [0.2, 0.25) is 0 Å². The molecule has 4 rings (SSSR count). The van der Waals surface area contributed by atoms with Crippen LogP contribution in [0.15, 0.2) is 147 Å². The minimum absolute atomic E-state index is 0.332. The average Bonchev–Trinajstić information content (AvgIpc) is 2.90. The van der Waals surface area contributed by atoms with Crippen LogP contribution in [0.2, 0.25) is 0 Å². The van der Waals surface area contributed by atoms with E-state index in [1.807, 2.05) is 11.8 Å². The van der Waals surface area contributed by atoms with E-state index >= 15 is 0 Å². The molecule has 0 aromatic heterocycles. The molecule has 0 aliphatic rings. The molecule has 0 N–H and O–H groups in total. The second-order valence-electron chi connectivity index (χ2n) is 8.35. The molecule has 1 heteroatoms. The van der Waals surface area contributed by atoms with Crippen LogP contribution in [0.1, 0.15) is 22.3 Å². The van der Waals surface area contributed by atoms with Gasteiger partial charge >= 0.3 is 0 Å². The van der Waals surface area contributed by atoms with Crippen molar-refractivity contribution in [3.05, 3.63) is 169 Å². The van der Waals surface area contributed by atoms with E-state index in [-0.39, 0.29) is 9.49 Å². The van der Waals surface area contributed by atoms with Crippen molar-refractivity contribution in [3.63, 3.8) is 0 Å². The molecule has 164 valence electrons. The summed E-state index contributed by atoms with van der Waals surface area (Å²) in [6, 6.07) is 42.9. The quantitative estimate of drug-likeness (QED) is 0.220. The number of benzene rings is 4. The second-order valence-corrected chi connectivity index (χ2v) is 10.0. The lowest BCUT2D eigenvalue weighted by Gasteiger charge is -2.41. The van der Waals surface area contributed by atoms with Crippen LogP contribution in [-0.4, -0.2) is 0 Å². The van der Waals surface area contributed by atoms with Crippen LogP contribution in [0.4, 0.5) is 0 Å². The zero-order chi connectivity index (χ0) is 23.0. The van der Waals surface area contributed by atoms with Crippen LogP contribution >= 0.6 is 11.8 Å². The highest BCUT2D eigenvalue weighted by atomic mass is 32.2. The Hall–Kier alpha value is -3.29. The van der Waals surface area contributed by atoms with Gasteiger partial charge in [-0.2, -0.15) is 0 Å². The smallest absolute Gasteiger partial charge is 0.0637 e. The van der Waals surface area contributed by atoms with Crippen molar-refractivity contribution in [2.24, 2.45) is 0 Å². The van der Waals surface area contributed by atoms with Crippen LogP contribution < -0.4 is 0 Å². The van der Waals surface area contributed by atoms with Crippen molar-refractivity contribution in [2.45, 2.75) is 22.3 Å². The summed E-state index contributed by atoms with van der Waals surface area (Å²) < 4.78 is -0.664. The predicted molar refractivity (Wildman–Crippen MR) is 145 cm³/mol. The van der Waals surface area contributed by atoms with Gasteiger partial charge in [0.15, 0.2) is 0 Å². The Kier molecular flexibility index (Phi) is 7.32. The molecular weight excluding hydrogens is 416 g/mol. The molecule has 0 saturated heterocycles. The lowest BCUT2D eigenvalue weighted by molar-refractivity contribution is 0.708. The monoisotopic (exact) mass is 446 g/mol. The first-order valence-corrected chi connectivity index (χ1v) is 12.2. The standard InChI is InChI=1S/C32H30S/c1-3-31(29-21-13-7-14-22-29,25-27-17-9-5-10-18-27)33-32(4-2,30-23-15-8-16-24-30)26-28-19-11-6-12-20-28/h3-24H,1-2,25-26H2. The van der Waals surface area contributed by atoms with Crippen molar-refractivity contribution in [3.8, 4) is 0 Å². The van der Waals surface area contributed by atoms with E-state index in [0.717, 1.165) is 12.8 Å². The Morgan fingerprint density at radius 1 is 0.485 bits per heavy atom. The molecule has 0 radical (unpaired) electrons. The highest BCUT2D eigenvalue weighted by Gasteiger charge is 2.41. The molecule has 4 aromatic carbocycles. The van der Waals surface area contributed by atoms with Gasteiger partial charge in [0, 0.05) is 0 Å². The van der Waals surface area contributed by atoms with Crippen LogP contribution in [0.3, 0.4) is 0 Å². The van der Waals surface area contributed by atoms with Gasteiger partial charge in [-0.3, -0.25) is 0 Å². The molecule has 0 spiro atoms. The van der Waals surface area contributed by atoms with Crippen LogP contribution in [-0.2, 0) is 22.3 Å². The molecule has 0 aliphatic carbocycles. The molecular formula is C32H30S. The summed E-state index contributed by atoms with van der Waals surface area (Å²) in [5.41, 5.74) is 5.09.